The second-order valence-corrected chi connectivity index (χ2v) is 5.92. The maximum absolute atomic E-state index is 12.2. The number of halogens is 3. The number of carbonyl (C=O) groups is 2. The summed E-state index contributed by atoms with van der Waals surface area (Å²) in [5.41, 5.74) is 0.787. The molecule has 0 aromatic heterocycles. The number of alkyl halides is 3. The Balaban J connectivity index is 1.80. The van der Waals surface area contributed by atoms with Gasteiger partial charge < -0.3 is 14.8 Å². The standard InChI is InChI=1S/C20H20F3NO4/c1-2-13-27-16-7-3-14(4-8-16)18(25)11-12-19(26)24-15-5-9-17(10-6-15)28-20(21,22)23/h3-10H,2,11-13H2,1H3,(H,24,26). The lowest BCUT2D eigenvalue weighted by Crippen LogP contribution is -2.17. The van der Waals surface area contributed by atoms with Crippen LogP contribution in [0.1, 0.15) is 36.5 Å². The number of benzene rings is 2. The van der Waals surface area contributed by atoms with Crippen molar-refractivity contribution in [2.75, 3.05) is 11.9 Å². The number of hydrogen-bond donors (Lipinski definition) is 1. The van der Waals surface area contributed by atoms with Crippen LogP contribution in [0.4, 0.5) is 18.9 Å². The van der Waals surface area contributed by atoms with Gasteiger partial charge in [0.05, 0.1) is 6.61 Å². The molecule has 28 heavy (non-hydrogen) atoms. The Labute approximate surface area is 160 Å². The Kier molecular flexibility index (Phi) is 7.43. The number of anilines is 1. The molecule has 0 bridgehead atoms. The largest absolute Gasteiger partial charge is 0.573 e. The van der Waals surface area contributed by atoms with Crippen molar-refractivity contribution in [2.45, 2.75) is 32.5 Å². The molecule has 0 saturated carbocycles. The third-order valence-electron chi connectivity index (χ3n) is 3.60. The molecule has 5 nitrogen and oxygen atoms in total. The number of carbonyl (C=O) groups excluding carboxylic acids is 2. The topological polar surface area (TPSA) is 64.6 Å². The second kappa shape index (κ2) is 9.77. The molecule has 2 rings (SSSR count). The van der Waals surface area contributed by atoms with Crippen LogP contribution in [0.5, 0.6) is 11.5 Å². The summed E-state index contributed by atoms with van der Waals surface area (Å²) in [6.45, 7) is 2.59. The van der Waals surface area contributed by atoms with Crippen LogP contribution >= 0.6 is 0 Å². The van der Waals surface area contributed by atoms with Crippen molar-refractivity contribution >= 4 is 17.4 Å². The van der Waals surface area contributed by atoms with Gasteiger partial charge in [0, 0.05) is 24.1 Å². The molecule has 1 N–H and O–H groups in total. The lowest BCUT2D eigenvalue weighted by molar-refractivity contribution is -0.274. The van der Waals surface area contributed by atoms with E-state index in [-0.39, 0.29) is 24.4 Å². The van der Waals surface area contributed by atoms with Crippen LogP contribution in [0, 0.1) is 0 Å². The Bertz CT molecular complexity index is 787. The van der Waals surface area contributed by atoms with Gasteiger partial charge in [-0.25, -0.2) is 0 Å². The zero-order chi connectivity index (χ0) is 20.6. The molecule has 0 heterocycles. The molecule has 0 radical (unpaired) electrons. The van der Waals surface area contributed by atoms with Gasteiger partial charge in [-0.2, -0.15) is 0 Å². The third kappa shape index (κ3) is 7.30. The summed E-state index contributed by atoms with van der Waals surface area (Å²) in [6.07, 6.45) is -3.93. The average molecular weight is 395 g/mol. The molecule has 0 saturated heterocycles. The highest BCUT2D eigenvalue weighted by molar-refractivity contribution is 6.00. The Morgan fingerprint density at radius 2 is 1.54 bits per heavy atom. The van der Waals surface area contributed by atoms with Gasteiger partial charge in [0.25, 0.3) is 0 Å². The summed E-state index contributed by atoms with van der Waals surface area (Å²) < 4.78 is 45.5. The van der Waals surface area contributed by atoms with Gasteiger partial charge in [0.1, 0.15) is 11.5 Å². The van der Waals surface area contributed by atoms with E-state index < -0.39 is 12.3 Å². The number of rotatable bonds is 9. The predicted molar refractivity (Wildman–Crippen MR) is 97.5 cm³/mol. The molecule has 0 atom stereocenters. The molecule has 0 fully saturated rings. The zero-order valence-corrected chi connectivity index (χ0v) is 15.2. The van der Waals surface area contributed by atoms with Crippen LogP contribution in [-0.2, 0) is 4.79 Å². The van der Waals surface area contributed by atoms with Crippen LogP contribution in [0.2, 0.25) is 0 Å². The SMILES string of the molecule is CCCOc1ccc(C(=O)CCC(=O)Nc2ccc(OC(F)(F)F)cc2)cc1. The van der Waals surface area contributed by atoms with Crippen molar-refractivity contribution in [3.63, 3.8) is 0 Å². The van der Waals surface area contributed by atoms with E-state index in [1.165, 1.54) is 12.1 Å². The molecular formula is C20H20F3NO4. The molecular weight excluding hydrogens is 375 g/mol. The Hall–Kier alpha value is -3.03. The van der Waals surface area contributed by atoms with Gasteiger partial charge in [0.2, 0.25) is 5.91 Å². The van der Waals surface area contributed by atoms with E-state index in [4.69, 9.17) is 4.74 Å². The predicted octanol–water partition coefficient (Wildman–Crippen LogP) is 4.98. The van der Waals surface area contributed by atoms with E-state index in [1.54, 1.807) is 24.3 Å². The first-order valence-electron chi connectivity index (χ1n) is 8.68. The summed E-state index contributed by atoms with van der Waals surface area (Å²) >= 11 is 0. The van der Waals surface area contributed by atoms with Crippen LogP contribution < -0.4 is 14.8 Å². The number of ketones is 1. The van der Waals surface area contributed by atoms with Gasteiger partial charge in [-0.05, 0) is 55.0 Å². The summed E-state index contributed by atoms with van der Waals surface area (Å²) in [5, 5.41) is 2.52. The van der Waals surface area contributed by atoms with Gasteiger partial charge in [-0.15, -0.1) is 13.2 Å². The first kappa shape index (κ1) is 21.3. The van der Waals surface area contributed by atoms with Gasteiger partial charge >= 0.3 is 6.36 Å². The van der Waals surface area contributed by atoms with Crippen molar-refractivity contribution in [3.05, 3.63) is 54.1 Å². The Morgan fingerprint density at radius 3 is 2.11 bits per heavy atom. The molecule has 1 amide bonds. The van der Waals surface area contributed by atoms with Crippen LogP contribution in [0.3, 0.4) is 0 Å². The molecule has 150 valence electrons. The van der Waals surface area contributed by atoms with Gasteiger partial charge in [0.15, 0.2) is 5.78 Å². The maximum atomic E-state index is 12.2. The van der Waals surface area contributed by atoms with Crippen LogP contribution in [-0.4, -0.2) is 24.7 Å². The van der Waals surface area contributed by atoms with Crippen LogP contribution in [0.25, 0.3) is 0 Å². The lowest BCUT2D eigenvalue weighted by atomic mass is 10.1. The highest BCUT2D eigenvalue weighted by Gasteiger charge is 2.30. The molecule has 8 heteroatoms. The fourth-order valence-electron chi connectivity index (χ4n) is 2.29. The van der Waals surface area contributed by atoms with Crippen molar-refractivity contribution < 1.29 is 32.2 Å². The van der Waals surface area contributed by atoms with Crippen LogP contribution in [0.15, 0.2) is 48.5 Å². The number of Topliss-reactive ketones (excluding diaryl/α,β-unsaturated/α-hetero) is 1. The second-order valence-electron chi connectivity index (χ2n) is 5.92. The number of nitrogens with one attached hydrogen (secondary N) is 1. The monoisotopic (exact) mass is 395 g/mol. The normalized spacial score (nSPS) is 11.0. The summed E-state index contributed by atoms with van der Waals surface area (Å²) in [4.78, 5) is 24.1. The van der Waals surface area contributed by atoms with Crippen molar-refractivity contribution in [1.82, 2.24) is 0 Å². The smallest absolute Gasteiger partial charge is 0.494 e. The fraction of sp³-hybridized carbons (Fsp3) is 0.300. The minimum absolute atomic E-state index is 0.0102. The molecule has 0 spiro atoms. The third-order valence-corrected chi connectivity index (χ3v) is 3.60. The van der Waals surface area contributed by atoms with E-state index >= 15 is 0 Å². The molecule has 2 aromatic carbocycles. The van der Waals surface area contributed by atoms with Gasteiger partial charge in [-0.3, -0.25) is 9.59 Å². The highest BCUT2D eigenvalue weighted by Crippen LogP contribution is 2.24. The zero-order valence-electron chi connectivity index (χ0n) is 15.2. The minimum atomic E-state index is -4.77. The highest BCUT2D eigenvalue weighted by atomic mass is 19.4. The molecule has 2 aromatic rings. The Morgan fingerprint density at radius 1 is 0.929 bits per heavy atom. The van der Waals surface area contributed by atoms with E-state index in [0.717, 1.165) is 18.6 Å². The summed E-state index contributed by atoms with van der Waals surface area (Å²) in [7, 11) is 0. The summed E-state index contributed by atoms with van der Waals surface area (Å²) in [5.74, 6) is -0.312. The molecule has 0 unspecified atom stereocenters. The fourth-order valence-corrected chi connectivity index (χ4v) is 2.29. The van der Waals surface area contributed by atoms with Crippen molar-refractivity contribution in [2.24, 2.45) is 0 Å². The first-order valence-corrected chi connectivity index (χ1v) is 8.68. The quantitative estimate of drug-likeness (QED) is 0.609. The van der Waals surface area contributed by atoms with Gasteiger partial charge in [-0.1, -0.05) is 6.92 Å². The minimum Gasteiger partial charge on any atom is -0.494 e. The van der Waals surface area contributed by atoms with E-state index in [2.05, 4.69) is 10.1 Å². The van der Waals surface area contributed by atoms with E-state index in [1.807, 2.05) is 6.92 Å². The number of hydrogen-bond acceptors (Lipinski definition) is 4. The summed E-state index contributed by atoms with van der Waals surface area (Å²) in [6, 6.07) is 11.5. The first-order chi connectivity index (χ1) is 13.3. The molecule has 0 aliphatic rings. The van der Waals surface area contributed by atoms with Crippen molar-refractivity contribution in [1.29, 1.82) is 0 Å². The lowest BCUT2D eigenvalue weighted by Gasteiger charge is -2.10. The number of ether oxygens (including phenoxy) is 2. The van der Waals surface area contributed by atoms with E-state index in [0.29, 0.717) is 23.6 Å². The number of amides is 1. The average Bonchev–Trinajstić information content (AvgIpc) is 2.65. The van der Waals surface area contributed by atoms with E-state index in [9.17, 15) is 22.8 Å². The van der Waals surface area contributed by atoms with Crippen molar-refractivity contribution in [3.8, 4) is 11.5 Å². The molecule has 0 aliphatic carbocycles. The maximum Gasteiger partial charge on any atom is 0.573 e. The molecule has 0 aliphatic heterocycles.